The fourth-order valence-corrected chi connectivity index (χ4v) is 3.18. The summed E-state index contributed by atoms with van der Waals surface area (Å²) >= 11 is 2.25. The van der Waals surface area contributed by atoms with Crippen LogP contribution in [-0.2, 0) is 0 Å². The number of rotatable bonds is 3. The zero-order valence-electron chi connectivity index (χ0n) is 13.1. The Morgan fingerprint density at radius 2 is 2.09 bits per heavy atom. The van der Waals surface area contributed by atoms with E-state index in [2.05, 4.69) is 32.9 Å². The summed E-state index contributed by atoms with van der Waals surface area (Å²) in [4.78, 5) is 17.2. The molecule has 2 aromatic heterocycles. The second-order valence-corrected chi connectivity index (χ2v) is 6.47. The molecule has 0 aliphatic rings. The molecule has 0 bridgehead atoms. The number of ether oxygens (including phenoxy) is 1. The number of carbonyl (C=O) groups is 1. The van der Waals surface area contributed by atoms with E-state index in [9.17, 15) is 4.79 Å². The highest BCUT2D eigenvalue weighted by Gasteiger charge is 2.19. The maximum absolute atomic E-state index is 12.7. The van der Waals surface area contributed by atoms with Crippen molar-refractivity contribution in [2.45, 2.75) is 13.8 Å². The van der Waals surface area contributed by atoms with Gasteiger partial charge in [0.05, 0.1) is 12.8 Å². The van der Waals surface area contributed by atoms with Crippen LogP contribution in [0.5, 0.6) is 5.75 Å². The molecule has 23 heavy (non-hydrogen) atoms. The topological polar surface area (TPSA) is 55.6 Å². The van der Waals surface area contributed by atoms with E-state index in [-0.39, 0.29) is 5.91 Å². The fraction of sp³-hybridized carbons (Fsp3) is 0.176. The second kappa shape index (κ2) is 6.19. The van der Waals surface area contributed by atoms with Crippen molar-refractivity contribution >= 4 is 39.8 Å². The first-order valence-corrected chi connectivity index (χ1v) is 8.18. The second-order valence-electron chi connectivity index (χ2n) is 5.23. The molecule has 6 heteroatoms. The number of nitrogens with one attached hydrogen (secondary N) is 1. The molecule has 1 N–H and O–H groups in total. The molecular formula is C17H16IN3O2. The van der Waals surface area contributed by atoms with Crippen molar-refractivity contribution in [3.05, 3.63) is 57.1 Å². The van der Waals surface area contributed by atoms with Gasteiger partial charge in [-0.15, -0.1) is 0 Å². The Bertz CT molecular complexity index is 902. The van der Waals surface area contributed by atoms with E-state index in [1.165, 1.54) is 0 Å². The lowest BCUT2D eigenvalue weighted by Gasteiger charge is -2.09. The summed E-state index contributed by atoms with van der Waals surface area (Å²) in [5.41, 5.74) is 3.63. The standard InChI is InChI=1S/C17H16IN3O2/c1-10-9-12(18)6-7-13(10)20-17(22)15-11(2)19-16-14(23-3)5-4-8-21(15)16/h4-9H,1-3H3,(H,20,22). The van der Waals surface area contributed by atoms with Crippen molar-refractivity contribution in [2.75, 3.05) is 12.4 Å². The monoisotopic (exact) mass is 421 g/mol. The first kappa shape index (κ1) is 15.8. The molecule has 0 saturated carbocycles. The van der Waals surface area contributed by atoms with Crippen LogP contribution in [-0.4, -0.2) is 22.4 Å². The lowest BCUT2D eigenvalue weighted by Crippen LogP contribution is -2.16. The van der Waals surface area contributed by atoms with Crippen molar-refractivity contribution in [1.29, 1.82) is 0 Å². The minimum Gasteiger partial charge on any atom is -0.493 e. The van der Waals surface area contributed by atoms with Crippen LogP contribution in [0.25, 0.3) is 5.65 Å². The number of hydrogen-bond acceptors (Lipinski definition) is 3. The number of halogens is 1. The van der Waals surface area contributed by atoms with Gasteiger partial charge in [-0.05, 0) is 72.3 Å². The highest BCUT2D eigenvalue weighted by atomic mass is 127. The first-order chi connectivity index (χ1) is 11.0. The van der Waals surface area contributed by atoms with Crippen LogP contribution in [0.2, 0.25) is 0 Å². The van der Waals surface area contributed by atoms with E-state index >= 15 is 0 Å². The summed E-state index contributed by atoms with van der Waals surface area (Å²) in [5, 5.41) is 2.97. The van der Waals surface area contributed by atoms with Gasteiger partial charge in [0.2, 0.25) is 0 Å². The zero-order valence-corrected chi connectivity index (χ0v) is 15.2. The van der Waals surface area contributed by atoms with Crippen LogP contribution in [0.4, 0.5) is 5.69 Å². The fourth-order valence-electron chi connectivity index (χ4n) is 2.54. The van der Waals surface area contributed by atoms with Gasteiger partial charge in [0.1, 0.15) is 5.69 Å². The normalized spacial score (nSPS) is 10.8. The van der Waals surface area contributed by atoms with Gasteiger partial charge < -0.3 is 10.1 Å². The molecule has 118 valence electrons. The lowest BCUT2D eigenvalue weighted by molar-refractivity contribution is 0.102. The van der Waals surface area contributed by atoms with Crippen molar-refractivity contribution in [3.8, 4) is 5.75 Å². The highest BCUT2D eigenvalue weighted by molar-refractivity contribution is 14.1. The van der Waals surface area contributed by atoms with Crippen LogP contribution in [0.15, 0.2) is 36.5 Å². The van der Waals surface area contributed by atoms with Crippen LogP contribution < -0.4 is 10.1 Å². The minimum absolute atomic E-state index is 0.187. The number of imidazole rings is 1. The summed E-state index contributed by atoms with van der Waals surface area (Å²) in [6.07, 6.45) is 1.81. The van der Waals surface area contributed by atoms with Crippen LogP contribution >= 0.6 is 22.6 Å². The number of nitrogens with zero attached hydrogens (tertiary/aromatic N) is 2. The number of pyridine rings is 1. The minimum atomic E-state index is -0.187. The highest BCUT2D eigenvalue weighted by Crippen LogP contribution is 2.23. The smallest absolute Gasteiger partial charge is 0.274 e. The Balaban J connectivity index is 2.03. The molecular weight excluding hydrogens is 405 g/mol. The summed E-state index contributed by atoms with van der Waals surface area (Å²) in [7, 11) is 1.59. The van der Waals surface area contributed by atoms with Crippen molar-refractivity contribution in [2.24, 2.45) is 0 Å². The van der Waals surface area contributed by atoms with E-state index < -0.39 is 0 Å². The van der Waals surface area contributed by atoms with Gasteiger partial charge in [0.25, 0.3) is 5.91 Å². The molecule has 0 unspecified atom stereocenters. The van der Waals surface area contributed by atoms with Gasteiger partial charge in [0, 0.05) is 15.5 Å². The van der Waals surface area contributed by atoms with Gasteiger partial charge in [0.15, 0.2) is 11.4 Å². The molecule has 0 saturated heterocycles. The number of hydrogen-bond donors (Lipinski definition) is 1. The molecule has 5 nitrogen and oxygen atoms in total. The molecule has 0 fully saturated rings. The first-order valence-electron chi connectivity index (χ1n) is 7.10. The number of aryl methyl sites for hydroxylation is 2. The number of carbonyl (C=O) groups excluding carboxylic acids is 1. The van der Waals surface area contributed by atoms with Crippen molar-refractivity contribution in [3.63, 3.8) is 0 Å². The third-order valence-corrected chi connectivity index (χ3v) is 4.33. The summed E-state index contributed by atoms with van der Waals surface area (Å²) < 4.78 is 8.20. The molecule has 0 aliphatic carbocycles. The number of amides is 1. The molecule has 0 atom stereocenters. The SMILES string of the molecule is COc1cccn2c(C(=O)Nc3ccc(I)cc3C)c(C)nc12. The zero-order chi connectivity index (χ0) is 16.6. The lowest BCUT2D eigenvalue weighted by atomic mass is 10.2. The van der Waals surface area contributed by atoms with Crippen molar-refractivity contribution < 1.29 is 9.53 Å². The Hall–Kier alpha value is -2.09. The molecule has 1 amide bonds. The van der Waals surface area contributed by atoms with Gasteiger partial charge in [-0.25, -0.2) is 4.98 Å². The van der Waals surface area contributed by atoms with Gasteiger partial charge in [-0.1, -0.05) is 0 Å². The molecule has 0 spiro atoms. The molecule has 0 aliphatic heterocycles. The van der Waals surface area contributed by atoms with E-state index in [4.69, 9.17) is 4.74 Å². The average Bonchev–Trinajstić information content (AvgIpc) is 2.85. The average molecular weight is 421 g/mol. The van der Waals surface area contributed by atoms with Crippen LogP contribution in [0.3, 0.4) is 0 Å². The third kappa shape index (κ3) is 2.90. The Morgan fingerprint density at radius 1 is 1.30 bits per heavy atom. The maximum atomic E-state index is 12.7. The van der Waals surface area contributed by atoms with E-state index in [1.807, 2.05) is 50.4 Å². The van der Waals surface area contributed by atoms with Crippen molar-refractivity contribution in [1.82, 2.24) is 9.38 Å². The van der Waals surface area contributed by atoms with E-state index in [0.717, 1.165) is 14.8 Å². The number of benzene rings is 1. The number of fused-ring (bicyclic) bond motifs is 1. The summed E-state index contributed by atoms with van der Waals surface area (Å²) in [5.74, 6) is 0.452. The predicted octanol–water partition coefficient (Wildman–Crippen LogP) is 3.82. The number of anilines is 1. The van der Waals surface area contributed by atoms with Gasteiger partial charge in [-0.3, -0.25) is 9.20 Å². The van der Waals surface area contributed by atoms with Crippen LogP contribution in [0, 0.1) is 17.4 Å². The van der Waals surface area contributed by atoms with E-state index in [0.29, 0.717) is 22.8 Å². The third-order valence-electron chi connectivity index (χ3n) is 3.66. The Kier molecular flexibility index (Phi) is 4.25. The molecule has 3 rings (SSSR count). The van der Waals surface area contributed by atoms with Crippen LogP contribution in [0.1, 0.15) is 21.7 Å². The van der Waals surface area contributed by atoms with E-state index in [1.54, 1.807) is 11.5 Å². The predicted molar refractivity (Wildman–Crippen MR) is 98.3 cm³/mol. The number of aromatic nitrogens is 2. The number of methoxy groups -OCH3 is 1. The molecule has 0 radical (unpaired) electrons. The quantitative estimate of drug-likeness (QED) is 0.655. The van der Waals surface area contributed by atoms with Gasteiger partial charge in [-0.2, -0.15) is 0 Å². The molecule has 2 heterocycles. The Labute approximate surface area is 147 Å². The maximum Gasteiger partial charge on any atom is 0.274 e. The largest absolute Gasteiger partial charge is 0.493 e. The van der Waals surface area contributed by atoms with Gasteiger partial charge >= 0.3 is 0 Å². The Morgan fingerprint density at radius 3 is 2.78 bits per heavy atom. The molecule has 3 aromatic rings. The summed E-state index contributed by atoms with van der Waals surface area (Å²) in [6, 6.07) is 9.56. The molecule has 1 aromatic carbocycles. The summed E-state index contributed by atoms with van der Waals surface area (Å²) in [6.45, 7) is 3.80.